The first-order chi connectivity index (χ1) is 16.0. The third kappa shape index (κ3) is 4.77. The number of fused-ring (bicyclic) bond motifs is 1. The molecule has 0 bridgehead atoms. The Morgan fingerprint density at radius 1 is 1.03 bits per heavy atom. The minimum atomic E-state index is -0.343. The number of hydrogen-bond donors (Lipinski definition) is 0. The van der Waals surface area contributed by atoms with Crippen LogP contribution in [0.1, 0.15) is 49.0 Å². The molecule has 6 heteroatoms. The zero-order valence-electron chi connectivity index (χ0n) is 18.1. The van der Waals surface area contributed by atoms with E-state index in [9.17, 15) is 4.39 Å². The van der Waals surface area contributed by atoms with Gasteiger partial charge in [0.15, 0.2) is 6.29 Å². The molecule has 2 unspecified atom stereocenters. The van der Waals surface area contributed by atoms with Crippen molar-refractivity contribution >= 4 is 45.3 Å². The van der Waals surface area contributed by atoms with E-state index < -0.39 is 0 Å². The summed E-state index contributed by atoms with van der Waals surface area (Å²) in [5, 5.41) is 0.488. The fraction of sp³-hybridized carbons (Fsp3) is 0.259. The molecule has 0 spiro atoms. The Kier molecular flexibility index (Phi) is 6.63. The Morgan fingerprint density at radius 2 is 1.79 bits per heavy atom. The number of benzene rings is 3. The maximum atomic E-state index is 13.7. The van der Waals surface area contributed by atoms with Crippen LogP contribution in [0.4, 0.5) is 4.39 Å². The van der Waals surface area contributed by atoms with Crippen LogP contribution in [0.5, 0.6) is 11.5 Å². The van der Waals surface area contributed by atoms with Crippen molar-refractivity contribution < 1.29 is 18.6 Å². The summed E-state index contributed by atoms with van der Waals surface area (Å²) in [6.45, 7) is 2.76. The van der Waals surface area contributed by atoms with E-state index in [2.05, 4.69) is 53.8 Å². The Bertz CT molecular complexity index is 1190. The van der Waals surface area contributed by atoms with Crippen LogP contribution in [0.3, 0.4) is 0 Å². The molecule has 2 aliphatic rings. The van der Waals surface area contributed by atoms with Gasteiger partial charge in [0, 0.05) is 27.2 Å². The van der Waals surface area contributed by atoms with Crippen LogP contribution in [-0.2, 0) is 4.74 Å². The minimum absolute atomic E-state index is 0.269. The molecule has 0 amide bonds. The van der Waals surface area contributed by atoms with Crippen LogP contribution in [0.2, 0.25) is 5.02 Å². The van der Waals surface area contributed by atoms with Crippen molar-refractivity contribution in [2.45, 2.75) is 38.6 Å². The molecule has 0 aromatic heterocycles. The Morgan fingerprint density at radius 3 is 2.48 bits per heavy atom. The highest BCUT2D eigenvalue weighted by atomic mass is 127. The molecule has 0 N–H and O–H groups in total. The van der Waals surface area contributed by atoms with Gasteiger partial charge in [0.05, 0.1) is 11.6 Å². The summed E-state index contributed by atoms with van der Waals surface area (Å²) in [7, 11) is 0. The third-order valence-electron chi connectivity index (χ3n) is 6.07. The second-order valence-electron chi connectivity index (χ2n) is 8.29. The quantitative estimate of drug-likeness (QED) is 0.294. The first-order valence-corrected chi connectivity index (χ1v) is 12.5. The van der Waals surface area contributed by atoms with Crippen LogP contribution in [0, 0.1) is 9.39 Å². The molecule has 2 heterocycles. The van der Waals surface area contributed by atoms with Gasteiger partial charge in [-0.1, -0.05) is 35.9 Å². The van der Waals surface area contributed by atoms with E-state index >= 15 is 0 Å². The fourth-order valence-electron chi connectivity index (χ4n) is 4.36. The van der Waals surface area contributed by atoms with Gasteiger partial charge in [-0.15, -0.1) is 0 Å². The molecule has 0 radical (unpaired) electrons. The summed E-state index contributed by atoms with van der Waals surface area (Å²) in [5.74, 6) is 1.01. The van der Waals surface area contributed by atoms with Gasteiger partial charge in [-0.3, -0.25) is 0 Å². The van der Waals surface area contributed by atoms with Crippen LogP contribution >= 0.6 is 34.2 Å². The highest BCUT2D eigenvalue weighted by molar-refractivity contribution is 14.1. The molecule has 33 heavy (non-hydrogen) atoms. The van der Waals surface area contributed by atoms with Crippen molar-refractivity contribution in [3.8, 4) is 11.5 Å². The molecule has 2 aliphatic heterocycles. The van der Waals surface area contributed by atoms with Gasteiger partial charge in [0.2, 0.25) is 0 Å². The van der Waals surface area contributed by atoms with Gasteiger partial charge in [-0.2, -0.15) is 0 Å². The number of ether oxygens (including phenoxy) is 3. The highest BCUT2D eigenvalue weighted by Gasteiger charge is 2.31. The topological polar surface area (TPSA) is 27.7 Å². The molecule has 1 saturated heterocycles. The molecule has 3 aromatic carbocycles. The average Bonchev–Trinajstić information content (AvgIpc) is 2.82. The van der Waals surface area contributed by atoms with Gasteiger partial charge < -0.3 is 14.2 Å². The number of halogens is 3. The van der Waals surface area contributed by atoms with Crippen LogP contribution < -0.4 is 9.47 Å². The Labute approximate surface area is 211 Å². The van der Waals surface area contributed by atoms with E-state index in [1.54, 1.807) is 12.1 Å². The number of hydrogen-bond acceptors (Lipinski definition) is 3. The van der Waals surface area contributed by atoms with Gasteiger partial charge in [-0.05, 0) is 89.4 Å². The van der Waals surface area contributed by atoms with Gasteiger partial charge in [0.1, 0.15) is 23.4 Å². The minimum Gasteiger partial charge on any atom is -0.480 e. The van der Waals surface area contributed by atoms with Crippen LogP contribution in [0.25, 0.3) is 11.1 Å². The Balaban J connectivity index is 1.60. The van der Waals surface area contributed by atoms with Crippen LogP contribution in [-0.4, -0.2) is 12.9 Å². The maximum Gasteiger partial charge on any atom is 0.199 e. The van der Waals surface area contributed by atoms with E-state index in [0.717, 1.165) is 50.7 Å². The van der Waals surface area contributed by atoms with E-state index in [1.165, 1.54) is 12.1 Å². The monoisotopic (exact) mass is 576 g/mol. The summed E-state index contributed by atoms with van der Waals surface area (Å²) in [6.07, 6.45) is 2.33. The Hall–Kier alpha value is -2.09. The molecule has 0 aliphatic carbocycles. The molecular weight excluding hydrogens is 554 g/mol. The first kappa shape index (κ1) is 22.7. The predicted octanol–water partition coefficient (Wildman–Crippen LogP) is 8.05. The molecule has 170 valence electrons. The lowest BCUT2D eigenvalue weighted by molar-refractivity contribution is -0.105. The van der Waals surface area contributed by atoms with Gasteiger partial charge in [0.25, 0.3) is 0 Å². The molecule has 3 aromatic rings. The van der Waals surface area contributed by atoms with Crippen molar-refractivity contribution in [1.29, 1.82) is 0 Å². The largest absolute Gasteiger partial charge is 0.480 e. The second kappa shape index (κ2) is 9.65. The standard InChI is InChI=1S/C27H23ClFIO3/c1-16-21-14-24(32-25-4-2-3-13-31-25)22(28)15-23(21)33-27(18-7-11-20(30)12-8-18)26(16)17-5-9-19(29)10-6-17/h5-12,14-15,25,27H,2-4,13H2,1H3. The SMILES string of the molecule is CC1=C(c2ccc(F)cc2)C(c2ccc(I)cc2)Oc2cc(Cl)c(OC3CCCCO3)cc21. The molecule has 0 saturated carbocycles. The second-order valence-corrected chi connectivity index (χ2v) is 9.94. The van der Waals surface area contributed by atoms with E-state index in [-0.39, 0.29) is 18.2 Å². The molecular formula is C27H23ClFIO3. The maximum absolute atomic E-state index is 13.7. The van der Waals surface area contributed by atoms with Crippen molar-refractivity contribution in [2.75, 3.05) is 6.61 Å². The summed E-state index contributed by atoms with van der Waals surface area (Å²) >= 11 is 8.88. The van der Waals surface area contributed by atoms with Crippen LogP contribution in [0.15, 0.2) is 60.7 Å². The van der Waals surface area contributed by atoms with Gasteiger partial charge >= 0.3 is 0 Å². The van der Waals surface area contributed by atoms with E-state index in [4.69, 9.17) is 25.8 Å². The number of rotatable bonds is 4. The summed E-state index contributed by atoms with van der Waals surface area (Å²) < 4.78 is 33.2. The zero-order valence-corrected chi connectivity index (χ0v) is 21.0. The molecule has 5 rings (SSSR count). The lowest BCUT2D eigenvalue weighted by Crippen LogP contribution is -2.25. The van der Waals surface area contributed by atoms with Crippen molar-refractivity contribution in [3.63, 3.8) is 0 Å². The van der Waals surface area contributed by atoms with Crippen molar-refractivity contribution in [3.05, 3.63) is 91.8 Å². The summed E-state index contributed by atoms with van der Waals surface area (Å²) in [6, 6.07) is 18.5. The first-order valence-electron chi connectivity index (χ1n) is 11.0. The van der Waals surface area contributed by atoms with E-state index in [1.807, 2.05) is 12.1 Å². The average molecular weight is 577 g/mol. The highest BCUT2D eigenvalue weighted by Crippen LogP contribution is 2.49. The lowest BCUT2D eigenvalue weighted by atomic mass is 9.86. The summed E-state index contributed by atoms with van der Waals surface area (Å²) in [4.78, 5) is 0. The third-order valence-corrected chi connectivity index (χ3v) is 7.09. The fourth-order valence-corrected chi connectivity index (χ4v) is 4.92. The summed E-state index contributed by atoms with van der Waals surface area (Å²) in [5.41, 5.74) is 4.87. The zero-order chi connectivity index (χ0) is 22.9. The normalized spacial score (nSPS) is 20.2. The predicted molar refractivity (Wildman–Crippen MR) is 137 cm³/mol. The molecule has 3 nitrogen and oxygen atoms in total. The molecule has 2 atom stereocenters. The smallest absolute Gasteiger partial charge is 0.199 e. The molecule has 1 fully saturated rings. The van der Waals surface area contributed by atoms with Gasteiger partial charge in [-0.25, -0.2) is 4.39 Å². The van der Waals surface area contributed by atoms with E-state index in [0.29, 0.717) is 23.1 Å². The van der Waals surface area contributed by atoms with Crippen molar-refractivity contribution in [1.82, 2.24) is 0 Å². The lowest BCUT2D eigenvalue weighted by Gasteiger charge is -2.32. The van der Waals surface area contributed by atoms with Crippen molar-refractivity contribution in [2.24, 2.45) is 0 Å². The number of allylic oxidation sites excluding steroid dienone is 1.